The number of hydrogen-bond acceptors (Lipinski definition) is 1. The van der Waals surface area contributed by atoms with E-state index in [0.717, 1.165) is 11.6 Å². The van der Waals surface area contributed by atoms with E-state index in [1.54, 1.807) is 0 Å². The molecule has 0 aliphatic rings. The Labute approximate surface area is 41.9 Å². The molecule has 38 valence electrons. The molecule has 2 nitrogen and oxygen atoms in total. The van der Waals surface area contributed by atoms with Gasteiger partial charge in [0.05, 0.1) is 0 Å². The van der Waals surface area contributed by atoms with Gasteiger partial charge in [-0.25, -0.2) is 0 Å². The maximum atomic E-state index is 4.97. The summed E-state index contributed by atoms with van der Waals surface area (Å²) >= 11 is 0. The molecule has 0 aliphatic carbocycles. The summed E-state index contributed by atoms with van der Waals surface area (Å²) < 4.78 is 4.97. The molecule has 0 atom stereocenters. The van der Waals surface area contributed by atoms with E-state index < -0.39 is 0 Å². The molecule has 7 heavy (non-hydrogen) atoms. The highest BCUT2D eigenvalue weighted by Crippen LogP contribution is 2.03. The molecule has 0 spiro atoms. The van der Waals surface area contributed by atoms with Crippen LogP contribution < -0.4 is 5.73 Å². The van der Waals surface area contributed by atoms with Crippen molar-refractivity contribution in [1.29, 1.82) is 0 Å². The molecular formula is C5H8NO+. The summed E-state index contributed by atoms with van der Waals surface area (Å²) in [7, 11) is 0. The first-order chi connectivity index (χ1) is 3.29. The fourth-order valence-electron chi connectivity index (χ4n) is 0.485. The van der Waals surface area contributed by atoms with Gasteiger partial charge in [-0.3, -0.25) is 5.73 Å². The highest BCUT2D eigenvalue weighted by molar-refractivity contribution is 5.14. The summed E-state index contributed by atoms with van der Waals surface area (Å²) in [6, 6.07) is 3.73. The zero-order valence-corrected chi connectivity index (χ0v) is 4.27. The lowest BCUT2D eigenvalue weighted by Crippen LogP contribution is -2.39. The normalized spacial score (nSPS) is 9.43. The summed E-state index contributed by atoms with van der Waals surface area (Å²) in [6.45, 7) is 1.90. The lowest BCUT2D eigenvalue weighted by Gasteiger charge is -1.72. The van der Waals surface area contributed by atoms with Gasteiger partial charge < -0.3 is 4.42 Å². The van der Waals surface area contributed by atoms with Gasteiger partial charge >= 0.3 is 0 Å². The molecular weight excluding hydrogens is 90.1 g/mol. The second-order valence-corrected chi connectivity index (χ2v) is 1.51. The summed E-state index contributed by atoms with van der Waals surface area (Å²) in [4.78, 5) is 0. The number of aryl methyl sites for hydroxylation is 1. The van der Waals surface area contributed by atoms with Crippen molar-refractivity contribution in [2.24, 2.45) is 0 Å². The van der Waals surface area contributed by atoms with Gasteiger partial charge in [0, 0.05) is 6.07 Å². The minimum atomic E-state index is 0.734. The van der Waals surface area contributed by atoms with E-state index in [1.807, 2.05) is 19.1 Å². The monoisotopic (exact) mass is 98.1 g/mol. The molecule has 0 radical (unpaired) electrons. The fraction of sp³-hybridized carbons (Fsp3) is 0.200. The summed E-state index contributed by atoms with van der Waals surface area (Å²) in [5.41, 5.74) is 3.57. The number of quaternary nitrogens is 1. The van der Waals surface area contributed by atoms with Crippen LogP contribution in [0.25, 0.3) is 0 Å². The Balaban J connectivity index is 3.04. The third-order valence-corrected chi connectivity index (χ3v) is 0.796. The Kier molecular flexibility index (Phi) is 0.872. The zero-order valence-electron chi connectivity index (χ0n) is 4.27. The van der Waals surface area contributed by atoms with Gasteiger partial charge in [-0.15, -0.1) is 0 Å². The second-order valence-electron chi connectivity index (χ2n) is 1.51. The van der Waals surface area contributed by atoms with E-state index in [9.17, 15) is 0 Å². The highest BCUT2D eigenvalue weighted by atomic mass is 16.3. The first kappa shape index (κ1) is 4.40. The molecule has 0 aliphatic heterocycles. The molecule has 0 saturated carbocycles. The minimum absolute atomic E-state index is 0.734. The first-order valence-corrected chi connectivity index (χ1v) is 2.17. The van der Waals surface area contributed by atoms with Gasteiger partial charge in [-0.1, -0.05) is 0 Å². The molecule has 3 N–H and O–H groups in total. The van der Waals surface area contributed by atoms with Crippen LogP contribution >= 0.6 is 0 Å². The Morgan fingerprint density at radius 1 is 1.57 bits per heavy atom. The van der Waals surface area contributed by atoms with E-state index in [2.05, 4.69) is 5.73 Å². The molecule has 2 heteroatoms. The van der Waals surface area contributed by atoms with Crippen LogP contribution in [0.1, 0.15) is 5.76 Å². The van der Waals surface area contributed by atoms with Gasteiger partial charge in [0.2, 0.25) is 0 Å². The van der Waals surface area contributed by atoms with Crippen molar-refractivity contribution < 1.29 is 10.2 Å². The van der Waals surface area contributed by atoms with Crippen molar-refractivity contribution >= 4 is 5.88 Å². The molecule has 0 aromatic carbocycles. The predicted octanol–water partition coefficient (Wildman–Crippen LogP) is 0.461. The molecule has 0 amide bonds. The molecule has 0 saturated heterocycles. The van der Waals surface area contributed by atoms with E-state index in [0.29, 0.717) is 0 Å². The van der Waals surface area contributed by atoms with Crippen molar-refractivity contribution in [3.05, 3.63) is 17.9 Å². The Morgan fingerprint density at radius 2 is 2.29 bits per heavy atom. The third kappa shape index (κ3) is 0.810. The molecule has 0 fully saturated rings. The zero-order chi connectivity index (χ0) is 5.28. The summed E-state index contributed by atoms with van der Waals surface area (Å²) in [5.74, 6) is 1.66. The molecule has 0 unspecified atom stereocenters. The summed E-state index contributed by atoms with van der Waals surface area (Å²) in [5, 5.41) is 0. The molecule has 1 heterocycles. The van der Waals surface area contributed by atoms with Crippen molar-refractivity contribution in [2.75, 3.05) is 0 Å². The third-order valence-electron chi connectivity index (χ3n) is 0.796. The predicted molar refractivity (Wildman–Crippen MR) is 26.0 cm³/mol. The lowest BCUT2D eigenvalue weighted by molar-refractivity contribution is -0.278. The molecule has 1 aromatic heterocycles. The molecule has 0 bridgehead atoms. The lowest BCUT2D eigenvalue weighted by atomic mass is 10.5. The Bertz CT molecular complexity index is 140. The first-order valence-electron chi connectivity index (χ1n) is 2.17. The maximum absolute atomic E-state index is 4.97. The van der Waals surface area contributed by atoms with Gasteiger partial charge in [-0.05, 0) is 13.0 Å². The van der Waals surface area contributed by atoms with Crippen LogP contribution in [-0.4, -0.2) is 0 Å². The highest BCUT2D eigenvalue weighted by Gasteiger charge is 1.90. The van der Waals surface area contributed by atoms with E-state index >= 15 is 0 Å². The van der Waals surface area contributed by atoms with Crippen molar-refractivity contribution in [3.8, 4) is 0 Å². The van der Waals surface area contributed by atoms with Crippen molar-refractivity contribution in [2.45, 2.75) is 6.92 Å². The summed E-state index contributed by atoms with van der Waals surface area (Å²) in [6.07, 6.45) is 0. The van der Waals surface area contributed by atoms with Gasteiger partial charge in [0.15, 0.2) is 0 Å². The van der Waals surface area contributed by atoms with Gasteiger partial charge in [-0.2, -0.15) is 0 Å². The van der Waals surface area contributed by atoms with Crippen LogP contribution in [0.15, 0.2) is 16.5 Å². The van der Waals surface area contributed by atoms with Crippen LogP contribution in [-0.2, 0) is 0 Å². The van der Waals surface area contributed by atoms with Crippen LogP contribution in [0.5, 0.6) is 0 Å². The standard InChI is InChI=1S/C5H7NO/c1-4-2-3-5(6)7-4/h2-3H,6H2,1H3/p+1. The SMILES string of the molecule is Cc1ccc([NH3+])o1. The van der Waals surface area contributed by atoms with Crippen molar-refractivity contribution in [3.63, 3.8) is 0 Å². The van der Waals surface area contributed by atoms with Gasteiger partial charge in [0.1, 0.15) is 5.76 Å². The Hall–Kier alpha value is -0.760. The van der Waals surface area contributed by atoms with E-state index in [1.165, 1.54) is 0 Å². The van der Waals surface area contributed by atoms with Crippen LogP contribution in [0.4, 0.5) is 5.88 Å². The van der Waals surface area contributed by atoms with E-state index in [-0.39, 0.29) is 0 Å². The second kappa shape index (κ2) is 1.39. The van der Waals surface area contributed by atoms with Crippen LogP contribution in [0, 0.1) is 6.92 Å². The van der Waals surface area contributed by atoms with Crippen molar-refractivity contribution in [1.82, 2.24) is 0 Å². The largest absolute Gasteiger partial charge is 0.418 e. The minimum Gasteiger partial charge on any atom is -0.418 e. The smallest absolute Gasteiger partial charge is 0.291 e. The van der Waals surface area contributed by atoms with E-state index in [4.69, 9.17) is 4.42 Å². The number of rotatable bonds is 0. The number of furan rings is 1. The average molecular weight is 98.1 g/mol. The van der Waals surface area contributed by atoms with Crippen LogP contribution in [0.2, 0.25) is 0 Å². The molecule has 1 rings (SSSR count). The maximum Gasteiger partial charge on any atom is 0.291 e. The average Bonchev–Trinajstić information content (AvgIpc) is 1.87. The Morgan fingerprint density at radius 3 is 2.43 bits per heavy atom. The number of hydrogen-bond donors (Lipinski definition) is 1. The fourth-order valence-corrected chi connectivity index (χ4v) is 0.485. The molecule has 1 aromatic rings. The quantitative estimate of drug-likeness (QED) is 0.503. The van der Waals surface area contributed by atoms with Gasteiger partial charge in [0.25, 0.3) is 5.88 Å². The topological polar surface area (TPSA) is 40.8 Å². The van der Waals surface area contributed by atoms with Crippen LogP contribution in [0.3, 0.4) is 0 Å².